The van der Waals surface area contributed by atoms with Crippen LogP contribution in [0.25, 0.3) is 10.9 Å². The first kappa shape index (κ1) is 17.8. The van der Waals surface area contributed by atoms with Gasteiger partial charge in [0.25, 0.3) is 0 Å². The van der Waals surface area contributed by atoms with Gasteiger partial charge in [0.05, 0.1) is 5.52 Å². The molecule has 2 aromatic carbocycles. The number of fused-ring (bicyclic) bond motifs is 1. The number of rotatable bonds is 5. The summed E-state index contributed by atoms with van der Waals surface area (Å²) in [7, 11) is 0. The topological polar surface area (TPSA) is 66.9 Å². The van der Waals surface area contributed by atoms with Crippen LogP contribution in [0.3, 0.4) is 0 Å². The third-order valence-corrected chi connectivity index (χ3v) is 4.10. The molecule has 0 saturated carbocycles. The van der Waals surface area contributed by atoms with Crippen LogP contribution in [-0.4, -0.2) is 15.9 Å². The Morgan fingerprint density at radius 3 is 2.73 bits per heavy atom. The number of amides is 1. The number of hydrogen-bond acceptors (Lipinski definition) is 4. The van der Waals surface area contributed by atoms with E-state index in [4.69, 9.17) is 0 Å². The van der Waals surface area contributed by atoms with E-state index in [0.29, 0.717) is 5.69 Å². The van der Waals surface area contributed by atoms with E-state index in [1.54, 1.807) is 12.3 Å². The first-order valence-corrected chi connectivity index (χ1v) is 8.81. The number of anilines is 2. The number of carbonyl (C=O) groups is 1. The molecular formula is C20H17BrN4O. The van der Waals surface area contributed by atoms with Crippen LogP contribution in [0.4, 0.5) is 11.4 Å². The Morgan fingerprint density at radius 1 is 1.08 bits per heavy atom. The van der Waals surface area contributed by atoms with Gasteiger partial charge in [-0.05, 0) is 49.4 Å². The molecule has 0 fully saturated rings. The van der Waals surface area contributed by atoms with Gasteiger partial charge in [-0.2, -0.15) is 0 Å². The number of allylic oxidation sites excluding steroid dienone is 2. The predicted octanol–water partition coefficient (Wildman–Crippen LogP) is 4.90. The van der Waals surface area contributed by atoms with E-state index in [9.17, 15) is 4.79 Å². The zero-order chi connectivity index (χ0) is 18.4. The van der Waals surface area contributed by atoms with Crippen molar-refractivity contribution in [3.8, 4) is 0 Å². The molecule has 6 heteroatoms. The van der Waals surface area contributed by atoms with Gasteiger partial charge in [-0.15, -0.1) is 0 Å². The third kappa shape index (κ3) is 4.77. The number of halogens is 1. The number of nitrogens with zero attached hydrogens (tertiary/aromatic N) is 2. The minimum atomic E-state index is -0.211. The van der Waals surface area contributed by atoms with Gasteiger partial charge in [-0.3, -0.25) is 4.79 Å². The SMILES string of the molecule is CC=C(C=CC(=O)Nc1ccc2ncncc2c1)Nc1cccc(Br)c1. The van der Waals surface area contributed by atoms with E-state index in [0.717, 1.165) is 26.8 Å². The van der Waals surface area contributed by atoms with Crippen molar-refractivity contribution in [3.05, 3.63) is 83.4 Å². The van der Waals surface area contributed by atoms with Gasteiger partial charge in [0.15, 0.2) is 0 Å². The van der Waals surface area contributed by atoms with E-state index in [1.807, 2.05) is 55.5 Å². The van der Waals surface area contributed by atoms with Gasteiger partial charge in [0.1, 0.15) is 6.33 Å². The fourth-order valence-electron chi connectivity index (χ4n) is 2.35. The molecule has 0 aliphatic heterocycles. The molecule has 1 heterocycles. The largest absolute Gasteiger partial charge is 0.356 e. The van der Waals surface area contributed by atoms with E-state index in [2.05, 4.69) is 36.5 Å². The van der Waals surface area contributed by atoms with Gasteiger partial charge < -0.3 is 10.6 Å². The summed E-state index contributed by atoms with van der Waals surface area (Å²) in [5, 5.41) is 6.98. The van der Waals surface area contributed by atoms with E-state index in [-0.39, 0.29) is 5.91 Å². The van der Waals surface area contributed by atoms with Crippen LogP contribution in [0.5, 0.6) is 0 Å². The normalized spacial score (nSPS) is 11.7. The molecule has 130 valence electrons. The Labute approximate surface area is 160 Å². The standard InChI is InChI=1S/C20H17BrN4O/c1-2-16(24-17-5-3-4-15(21)11-17)7-9-20(26)25-18-6-8-19-14(10-18)12-22-13-23-19/h2-13,24H,1H3,(H,25,26). The molecular weight excluding hydrogens is 392 g/mol. The Kier molecular flexibility index (Phi) is 5.76. The summed E-state index contributed by atoms with van der Waals surface area (Å²) in [4.78, 5) is 20.3. The van der Waals surface area contributed by atoms with Crippen LogP contribution in [0.1, 0.15) is 6.92 Å². The molecule has 0 atom stereocenters. The maximum absolute atomic E-state index is 12.2. The Bertz CT molecular complexity index is 998. The van der Waals surface area contributed by atoms with Crippen molar-refractivity contribution in [1.29, 1.82) is 0 Å². The van der Waals surface area contributed by atoms with Crippen molar-refractivity contribution in [1.82, 2.24) is 9.97 Å². The van der Waals surface area contributed by atoms with Crippen LogP contribution in [-0.2, 0) is 4.79 Å². The molecule has 3 rings (SSSR count). The lowest BCUT2D eigenvalue weighted by Gasteiger charge is -2.07. The third-order valence-electron chi connectivity index (χ3n) is 3.61. The summed E-state index contributed by atoms with van der Waals surface area (Å²) in [6.07, 6.45) is 8.35. The zero-order valence-corrected chi connectivity index (χ0v) is 15.7. The van der Waals surface area contributed by atoms with Crippen molar-refractivity contribution < 1.29 is 4.79 Å². The van der Waals surface area contributed by atoms with E-state index < -0.39 is 0 Å². The zero-order valence-electron chi connectivity index (χ0n) is 14.1. The average molecular weight is 409 g/mol. The molecule has 26 heavy (non-hydrogen) atoms. The summed E-state index contributed by atoms with van der Waals surface area (Å²) in [5.41, 5.74) is 3.30. The van der Waals surface area contributed by atoms with Gasteiger partial charge in [-0.25, -0.2) is 9.97 Å². The molecule has 0 spiro atoms. The maximum atomic E-state index is 12.2. The highest BCUT2D eigenvalue weighted by Gasteiger charge is 2.01. The van der Waals surface area contributed by atoms with Crippen molar-refractivity contribution >= 4 is 44.1 Å². The van der Waals surface area contributed by atoms with Gasteiger partial charge in [0, 0.05) is 39.2 Å². The molecule has 0 bridgehead atoms. The fourth-order valence-corrected chi connectivity index (χ4v) is 2.75. The second kappa shape index (κ2) is 8.40. The molecule has 1 aromatic heterocycles. The van der Waals surface area contributed by atoms with Gasteiger partial charge in [0.2, 0.25) is 5.91 Å². The highest BCUT2D eigenvalue weighted by atomic mass is 79.9. The first-order valence-electron chi connectivity index (χ1n) is 8.02. The Hall–Kier alpha value is -2.99. The van der Waals surface area contributed by atoms with Crippen LogP contribution in [0, 0.1) is 0 Å². The predicted molar refractivity (Wildman–Crippen MR) is 109 cm³/mol. The number of hydrogen-bond donors (Lipinski definition) is 2. The second-order valence-corrected chi connectivity index (χ2v) is 6.41. The van der Waals surface area contributed by atoms with Crippen molar-refractivity contribution in [2.75, 3.05) is 10.6 Å². The summed E-state index contributed by atoms with van der Waals surface area (Å²) in [6, 6.07) is 13.3. The van der Waals surface area contributed by atoms with Crippen LogP contribution >= 0.6 is 15.9 Å². The van der Waals surface area contributed by atoms with Crippen molar-refractivity contribution in [2.24, 2.45) is 0 Å². The highest BCUT2D eigenvalue weighted by molar-refractivity contribution is 9.10. The smallest absolute Gasteiger partial charge is 0.248 e. The Morgan fingerprint density at radius 2 is 1.92 bits per heavy atom. The quantitative estimate of drug-likeness (QED) is 0.465. The molecule has 1 amide bonds. The lowest BCUT2D eigenvalue weighted by atomic mass is 10.2. The van der Waals surface area contributed by atoms with E-state index in [1.165, 1.54) is 12.4 Å². The molecule has 0 aliphatic carbocycles. The maximum Gasteiger partial charge on any atom is 0.248 e. The van der Waals surface area contributed by atoms with Crippen molar-refractivity contribution in [2.45, 2.75) is 6.92 Å². The molecule has 0 saturated heterocycles. The minimum absolute atomic E-state index is 0.211. The van der Waals surface area contributed by atoms with Gasteiger partial charge >= 0.3 is 0 Å². The summed E-state index contributed by atoms with van der Waals surface area (Å²) in [5.74, 6) is -0.211. The Balaban J connectivity index is 1.65. The second-order valence-electron chi connectivity index (χ2n) is 5.50. The number of nitrogens with one attached hydrogen (secondary N) is 2. The molecule has 0 radical (unpaired) electrons. The average Bonchev–Trinajstić information content (AvgIpc) is 2.65. The minimum Gasteiger partial charge on any atom is -0.356 e. The number of aromatic nitrogens is 2. The van der Waals surface area contributed by atoms with Crippen molar-refractivity contribution in [3.63, 3.8) is 0 Å². The van der Waals surface area contributed by atoms with Crippen LogP contribution in [0.2, 0.25) is 0 Å². The summed E-state index contributed by atoms with van der Waals surface area (Å²) >= 11 is 3.44. The lowest BCUT2D eigenvalue weighted by Crippen LogP contribution is -2.08. The highest BCUT2D eigenvalue weighted by Crippen LogP contribution is 2.18. The molecule has 2 N–H and O–H groups in total. The summed E-state index contributed by atoms with van der Waals surface area (Å²) in [6.45, 7) is 1.91. The number of benzene rings is 2. The van der Waals surface area contributed by atoms with Crippen LogP contribution < -0.4 is 10.6 Å². The van der Waals surface area contributed by atoms with Gasteiger partial charge in [-0.1, -0.05) is 28.1 Å². The molecule has 0 unspecified atom stereocenters. The van der Waals surface area contributed by atoms with E-state index >= 15 is 0 Å². The fraction of sp³-hybridized carbons (Fsp3) is 0.0500. The monoisotopic (exact) mass is 408 g/mol. The van der Waals surface area contributed by atoms with Crippen LogP contribution in [0.15, 0.2) is 83.4 Å². The molecule has 3 aromatic rings. The summed E-state index contributed by atoms with van der Waals surface area (Å²) < 4.78 is 0.986. The first-order chi connectivity index (χ1) is 12.6. The lowest BCUT2D eigenvalue weighted by molar-refractivity contribution is -0.111. The molecule has 5 nitrogen and oxygen atoms in total. The number of carbonyl (C=O) groups excluding carboxylic acids is 1. The molecule has 0 aliphatic rings.